The van der Waals surface area contributed by atoms with Gasteiger partial charge >= 0.3 is 5.97 Å². The third-order valence-electron chi connectivity index (χ3n) is 2.99. The van der Waals surface area contributed by atoms with Crippen LogP contribution in [0, 0.1) is 0 Å². The number of hydrogen-bond acceptors (Lipinski definition) is 3. The molecular weight excluding hydrogens is 317 g/mol. The predicted molar refractivity (Wildman–Crippen MR) is 81.1 cm³/mol. The summed E-state index contributed by atoms with van der Waals surface area (Å²) >= 11 is 11.8. The van der Waals surface area contributed by atoms with E-state index in [9.17, 15) is 9.59 Å². The van der Waals surface area contributed by atoms with Crippen molar-refractivity contribution in [3.63, 3.8) is 0 Å². The molecule has 1 unspecified atom stereocenters. The molecule has 21 heavy (non-hydrogen) atoms. The van der Waals surface area contributed by atoms with Gasteiger partial charge in [-0.2, -0.15) is 0 Å². The Kier molecular flexibility index (Phi) is 6.78. The maximum Gasteiger partial charge on any atom is 0.323 e. The molecule has 0 heterocycles. The van der Waals surface area contributed by atoms with E-state index in [1.54, 1.807) is 19.1 Å². The highest BCUT2D eigenvalue weighted by Crippen LogP contribution is 2.27. The number of rotatable bonds is 7. The Labute approximate surface area is 133 Å². The number of hydrogen-bond donors (Lipinski definition) is 1. The molecule has 0 saturated heterocycles. The van der Waals surface area contributed by atoms with Gasteiger partial charge in [-0.3, -0.25) is 9.59 Å². The van der Waals surface area contributed by atoms with Crippen LogP contribution in [0.5, 0.6) is 5.75 Å². The number of nitrogens with zero attached hydrogens (tertiary/aromatic N) is 1. The third kappa shape index (κ3) is 5.44. The largest absolute Gasteiger partial charge is 0.482 e. The van der Waals surface area contributed by atoms with Crippen molar-refractivity contribution in [3.8, 4) is 5.75 Å². The minimum absolute atomic E-state index is 0.188. The lowest BCUT2D eigenvalue weighted by Crippen LogP contribution is -2.44. The maximum absolute atomic E-state index is 12.1. The molecule has 5 nitrogen and oxygen atoms in total. The van der Waals surface area contributed by atoms with Gasteiger partial charge in [0, 0.05) is 17.1 Å². The van der Waals surface area contributed by atoms with Crippen molar-refractivity contribution in [2.45, 2.75) is 26.3 Å². The van der Waals surface area contributed by atoms with Crippen molar-refractivity contribution >= 4 is 35.1 Å². The minimum atomic E-state index is -1.07. The SMILES string of the molecule is CCC(C)N(CC(=O)O)C(=O)COc1cc(Cl)ccc1Cl. The summed E-state index contributed by atoms with van der Waals surface area (Å²) in [4.78, 5) is 24.2. The maximum atomic E-state index is 12.1. The smallest absolute Gasteiger partial charge is 0.323 e. The molecule has 0 aromatic heterocycles. The van der Waals surface area contributed by atoms with E-state index in [-0.39, 0.29) is 24.9 Å². The molecule has 1 aromatic carbocycles. The number of benzene rings is 1. The second-order valence-corrected chi connectivity index (χ2v) is 5.38. The zero-order valence-electron chi connectivity index (χ0n) is 11.8. The van der Waals surface area contributed by atoms with Gasteiger partial charge < -0.3 is 14.7 Å². The highest BCUT2D eigenvalue weighted by molar-refractivity contribution is 6.34. The first kappa shape index (κ1) is 17.6. The zero-order valence-corrected chi connectivity index (χ0v) is 13.3. The molecule has 116 valence electrons. The Morgan fingerprint density at radius 2 is 2.05 bits per heavy atom. The van der Waals surface area contributed by atoms with E-state index in [1.807, 2.05) is 6.92 Å². The van der Waals surface area contributed by atoms with Gasteiger partial charge in [0.1, 0.15) is 12.3 Å². The normalized spacial score (nSPS) is 11.8. The summed E-state index contributed by atoms with van der Waals surface area (Å²) < 4.78 is 5.34. The molecule has 1 atom stereocenters. The highest BCUT2D eigenvalue weighted by atomic mass is 35.5. The standard InChI is InChI=1S/C14H17Cl2NO4/c1-3-9(2)17(7-14(19)20)13(18)8-21-12-6-10(15)4-5-11(12)16/h4-6,9H,3,7-8H2,1-2H3,(H,19,20). The predicted octanol–water partition coefficient (Wildman–Crippen LogP) is 3.08. The summed E-state index contributed by atoms with van der Waals surface area (Å²) in [7, 11) is 0. The number of carboxylic acid groups (broad SMARTS) is 1. The molecular formula is C14H17Cl2NO4. The summed E-state index contributed by atoms with van der Waals surface area (Å²) in [5.74, 6) is -1.19. The Bertz CT molecular complexity index is 522. The molecule has 0 fully saturated rings. The van der Waals surface area contributed by atoms with Crippen LogP contribution in [0.1, 0.15) is 20.3 Å². The second-order valence-electron chi connectivity index (χ2n) is 4.54. The van der Waals surface area contributed by atoms with Crippen LogP contribution in [0.15, 0.2) is 18.2 Å². The van der Waals surface area contributed by atoms with Crippen LogP contribution in [0.3, 0.4) is 0 Å². The zero-order chi connectivity index (χ0) is 16.0. The topological polar surface area (TPSA) is 66.8 Å². The van der Waals surface area contributed by atoms with Crippen molar-refractivity contribution < 1.29 is 19.4 Å². The summed E-state index contributed by atoms with van der Waals surface area (Å²) in [6.07, 6.45) is 0.650. The van der Waals surface area contributed by atoms with Crippen molar-refractivity contribution in [3.05, 3.63) is 28.2 Å². The summed E-state index contributed by atoms with van der Waals surface area (Å²) in [5, 5.41) is 9.64. The van der Waals surface area contributed by atoms with Gasteiger partial charge in [-0.15, -0.1) is 0 Å². The molecule has 0 radical (unpaired) electrons. The van der Waals surface area contributed by atoms with Gasteiger partial charge in [-0.25, -0.2) is 0 Å². The highest BCUT2D eigenvalue weighted by Gasteiger charge is 2.22. The number of halogens is 2. The lowest BCUT2D eigenvalue weighted by Gasteiger charge is -2.26. The first-order valence-electron chi connectivity index (χ1n) is 6.44. The van der Waals surface area contributed by atoms with Gasteiger partial charge in [-0.1, -0.05) is 30.1 Å². The van der Waals surface area contributed by atoms with Gasteiger partial charge in [-0.05, 0) is 25.5 Å². The van der Waals surface area contributed by atoms with Crippen LogP contribution in [0.2, 0.25) is 10.0 Å². The van der Waals surface area contributed by atoms with Crippen LogP contribution in [-0.2, 0) is 9.59 Å². The van der Waals surface area contributed by atoms with E-state index >= 15 is 0 Å². The average molecular weight is 334 g/mol. The number of ether oxygens (including phenoxy) is 1. The molecule has 0 aliphatic carbocycles. The van der Waals surface area contributed by atoms with Crippen LogP contribution >= 0.6 is 23.2 Å². The lowest BCUT2D eigenvalue weighted by atomic mass is 10.2. The summed E-state index contributed by atoms with van der Waals surface area (Å²) in [6.45, 7) is 3.01. The van der Waals surface area contributed by atoms with E-state index < -0.39 is 11.9 Å². The van der Waals surface area contributed by atoms with Crippen LogP contribution < -0.4 is 4.74 Å². The Morgan fingerprint density at radius 1 is 1.38 bits per heavy atom. The minimum Gasteiger partial charge on any atom is -0.482 e. The number of carbonyl (C=O) groups is 2. The summed E-state index contributed by atoms with van der Waals surface area (Å²) in [6, 6.07) is 4.48. The molecule has 1 amide bonds. The third-order valence-corrected chi connectivity index (χ3v) is 3.54. The first-order chi connectivity index (χ1) is 9.85. The van der Waals surface area contributed by atoms with Gasteiger partial charge in [0.05, 0.1) is 5.02 Å². The number of carbonyl (C=O) groups excluding carboxylic acids is 1. The fourth-order valence-electron chi connectivity index (χ4n) is 1.67. The molecule has 1 rings (SSSR count). The van der Waals surface area contributed by atoms with Crippen LogP contribution in [-0.4, -0.2) is 41.1 Å². The van der Waals surface area contributed by atoms with E-state index in [0.29, 0.717) is 16.5 Å². The van der Waals surface area contributed by atoms with Crippen molar-refractivity contribution in [1.82, 2.24) is 4.90 Å². The molecule has 0 spiro atoms. The Balaban J connectivity index is 2.73. The fourth-order valence-corrected chi connectivity index (χ4v) is 2.00. The molecule has 1 aromatic rings. The van der Waals surface area contributed by atoms with E-state index in [0.717, 1.165) is 0 Å². The first-order valence-corrected chi connectivity index (χ1v) is 7.19. The van der Waals surface area contributed by atoms with Crippen LogP contribution in [0.25, 0.3) is 0 Å². The Hall–Kier alpha value is -1.46. The molecule has 0 bridgehead atoms. The average Bonchev–Trinajstić information content (AvgIpc) is 2.44. The van der Waals surface area contributed by atoms with Crippen molar-refractivity contribution in [1.29, 1.82) is 0 Å². The van der Waals surface area contributed by atoms with Crippen molar-refractivity contribution in [2.24, 2.45) is 0 Å². The van der Waals surface area contributed by atoms with Gasteiger partial charge in [0.15, 0.2) is 6.61 Å². The quantitative estimate of drug-likeness (QED) is 0.832. The molecule has 0 saturated carbocycles. The number of amides is 1. The van der Waals surface area contributed by atoms with E-state index in [1.165, 1.54) is 11.0 Å². The fraction of sp³-hybridized carbons (Fsp3) is 0.429. The second kappa shape index (κ2) is 8.10. The Morgan fingerprint density at radius 3 is 2.62 bits per heavy atom. The number of aliphatic carboxylic acids is 1. The van der Waals surface area contributed by atoms with Gasteiger partial charge in [0.2, 0.25) is 0 Å². The summed E-state index contributed by atoms with van der Waals surface area (Å²) in [5.41, 5.74) is 0. The molecule has 1 N–H and O–H groups in total. The molecule has 0 aliphatic rings. The van der Waals surface area contributed by atoms with E-state index in [4.69, 9.17) is 33.0 Å². The number of carboxylic acids is 1. The monoisotopic (exact) mass is 333 g/mol. The van der Waals surface area contributed by atoms with Crippen LogP contribution in [0.4, 0.5) is 0 Å². The van der Waals surface area contributed by atoms with Gasteiger partial charge in [0.25, 0.3) is 5.91 Å². The molecule has 7 heteroatoms. The van der Waals surface area contributed by atoms with E-state index in [2.05, 4.69) is 0 Å². The lowest BCUT2D eigenvalue weighted by molar-refractivity contribution is -0.147. The molecule has 0 aliphatic heterocycles. The van der Waals surface area contributed by atoms with Crippen molar-refractivity contribution in [2.75, 3.05) is 13.2 Å².